The Morgan fingerprint density at radius 2 is 2.24 bits per heavy atom. The Hall–Kier alpha value is -0.320. The number of aliphatic hydroxyl groups is 1. The van der Waals surface area contributed by atoms with Gasteiger partial charge >= 0.3 is 0 Å². The van der Waals surface area contributed by atoms with Gasteiger partial charge in [0.2, 0.25) is 0 Å². The Labute approximate surface area is 137 Å². The standard InChI is InChI=1S/C16H24Cl2N2O/c1-19-15(13-5-2-6-14(17)16(13)18)7-9-20-8-3-4-12(10-20)11-21/h2,5-6,12,15,19,21H,3-4,7-11H2,1H3. The van der Waals surface area contributed by atoms with Crippen molar-refractivity contribution < 1.29 is 5.11 Å². The molecule has 0 saturated carbocycles. The molecule has 1 aliphatic heterocycles. The average Bonchev–Trinajstić information content (AvgIpc) is 2.52. The van der Waals surface area contributed by atoms with Crippen molar-refractivity contribution in [2.24, 2.45) is 5.92 Å². The van der Waals surface area contributed by atoms with Crippen LogP contribution >= 0.6 is 23.2 Å². The van der Waals surface area contributed by atoms with Crippen LogP contribution in [0, 0.1) is 5.92 Å². The number of rotatable bonds is 6. The van der Waals surface area contributed by atoms with Crippen molar-refractivity contribution in [3.63, 3.8) is 0 Å². The van der Waals surface area contributed by atoms with Gasteiger partial charge in [-0.1, -0.05) is 35.3 Å². The van der Waals surface area contributed by atoms with Gasteiger partial charge in [0.05, 0.1) is 10.0 Å². The van der Waals surface area contributed by atoms with Crippen molar-refractivity contribution in [1.29, 1.82) is 0 Å². The molecule has 2 N–H and O–H groups in total. The van der Waals surface area contributed by atoms with E-state index in [9.17, 15) is 5.11 Å². The summed E-state index contributed by atoms with van der Waals surface area (Å²) in [4.78, 5) is 2.44. The number of hydrogen-bond acceptors (Lipinski definition) is 3. The molecule has 1 heterocycles. The van der Waals surface area contributed by atoms with Gasteiger partial charge in [0.15, 0.2) is 0 Å². The van der Waals surface area contributed by atoms with Gasteiger partial charge in [-0.15, -0.1) is 0 Å². The molecule has 0 amide bonds. The molecular weight excluding hydrogens is 307 g/mol. The number of nitrogens with zero attached hydrogens (tertiary/aromatic N) is 1. The lowest BCUT2D eigenvalue weighted by atomic mass is 9.98. The molecule has 2 unspecified atom stereocenters. The fourth-order valence-corrected chi connectivity index (χ4v) is 3.50. The van der Waals surface area contributed by atoms with E-state index in [2.05, 4.69) is 10.2 Å². The van der Waals surface area contributed by atoms with Crippen molar-refractivity contribution in [2.75, 3.05) is 33.3 Å². The van der Waals surface area contributed by atoms with E-state index in [1.54, 1.807) is 0 Å². The van der Waals surface area contributed by atoms with E-state index in [1.165, 1.54) is 6.42 Å². The molecule has 2 rings (SSSR count). The molecule has 1 aromatic rings. The van der Waals surface area contributed by atoms with E-state index >= 15 is 0 Å². The van der Waals surface area contributed by atoms with Gasteiger partial charge in [0.1, 0.15) is 0 Å². The van der Waals surface area contributed by atoms with E-state index in [0.717, 1.165) is 38.0 Å². The topological polar surface area (TPSA) is 35.5 Å². The number of piperidine rings is 1. The molecule has 1 fully saturated rings. The smallest absolute Gasteiger partial charge is 0.0640 e. The van der Waals surface area contributed by atoms with Crippen LogP contribution in [0.25, 0.3) is 0 Å². The maximum Gasteiger partial charge on any atom is 0.0640 e. The van der Waals surface area contributed by atoms with Gasteiger partial charge in [-0.05, 0) is 56.9 Å². The third-order valence-corrected chi connectivity index (χ3v) is 5.13. The van der Waals surface area contributed by atoms with Crippen LogP contribution in [0.15, 0.2) is 18.2 Å². The van der Waals surface area contributed by atoms with Gasteiger partial charge < -0.3 is 15.3 Å². The molecule has 1 aliphatic rings. The summed E-state index contributed by atoms with van der Waals surface area (Å²) in [6.45, 7) is 3.42. The van der Waals surface area contributed by atoms with Crippen molar-refractivity contribution >= 4 is 23.2 Å². The molecule has 0 bridgehead atoms. The average molecular weight is 331 g/mol. The Bertz CT molecular complexity index is 456. The van der Waals surface area contributed by atoms with Gasteiger partial charge in [-0.3, -0.25) is 0 Å². The van der Waals surface area contributed by atoms with Crippen LogP contribution in [0.1, 0.15) is 30.9 Å². The fraction of sp³-hybridized carbons (Fsp3) is 0.625. The molecule has 21 heavy (non-hydrogen) atoms. The molecule has 0 aromatic heterocycles. The number of benzene rings is 1. The second-order valence-electron chi connectivity index (χ2n) is 5.76. The number of aliphatic hydroxyl groups excluding tert-OH is 1. The highest BCUT2D eigenvalue weighted by molar-refractivity contribution is 6.42. The van der Waals surface area contributed by atoms with Gasteiger partial charge in [0, 0.05) is 19.2 Å². The van der Waals surface area contributed by atoms with Crippen LogP contribution in [-0.2, 0) is 0 Å². The quantitative estimate of drug-likeness (QED) is 0.839. The zero-order chi connectivity index (χ0) is 15.2. The lowest BCUT2D eigenvalue weighted by Crippen LogP contribution is -2.38. The Kier molecular flexibility index (Phi) is 6.77. The molecule has 2 atom stereocenters. The van der Waals surface area contributed by atoms with Crippen molar-refractivity contribution in [3.8, 4) is 0 Å². The van der Waals surface area contributed by atoms with E-state index in [1.807, 2.05) is 25.2 Å². The summed E-state index contributed by atoms with van der Waals surface area (Å²) in [6.07, 6.45) is 3.30. The zero-order valence-electron chi connectivity index (χ0n) is 12.5. The molecule has 5 heteroatoms. The number of halogens is 2. The maximum absolute atomic E-state index is 9.31. The predicted octanol–water partition coefficient (Wildman–Crippen LogP) is 3.35. The number of likely N-dealkylation sites (tertiary alicyclic amines) is 1. The molecule has 0 radical (unpaired) electrons. The van der Waals surface area contributed by atoms with Gasteiger partial charge in [-0.2, -0.15) is 0 Å². The van der Waals surface area contributed by atoms with Crippen LogP contribution in [0.4, 0.5) is 0 Å². The van der Waals surface area contributed by atoms with Gasteiger partial charge in [-0.25, -0.2) is 0 Å². The first kappa shape index (κ1) is 17.0. The summed E-state index contributed by atoms with van der Waals surface area (Å²) in [5.41, 5.74) is 1.06. The van der Waals surface area contributed by atoms with E-state index in [4.69, 9.17) is 23.2 Å². The Balaban J connectivity index is 1.95. The summed E-state index contributed by atoms with van der Waals surface area (Å²) in [5, 5.41) is 13.9. The molecule has 118 valence electrons. The molecule has 3 nitrogen and oxygen atoms in total. The second-order valence-corrected chi connectivity index (χ2v) is 6.55. The molecule has 0 aliphatic carbocycles. The summed E-state index contributed by atoms with van der Waals surface area (Å²) >= 11 is 12.4. The van der Waals surface area contributed by atoms with Crippen molar-refractivity contribution in [3.05, 3.63) is 33.8 Å². The number of hydrogen-bond donors (Lipinski definition) is 2. The Morgan fingerprint density at radius 1 is 1.43 bits per heavy atom. The van der Waals surface area contributed by atoms with E-state index in [-0.39, 0.29) is 6.04 Å². The fourth-order valence-electron chi connectivity index (χ4n) is 3.06. The monoisotopic (exact) mass is 330 g/mol. The highest BCUT2D eigenvalue weighted by Gasteiger charge is 2.21. The van der Waals surface area contributed by atoms with Gasteiger partial charge in [0.25, 0.3) is 0 Å². The van der Waals surface area contributed by atoms with Crippen LogP contribution in [0.2, 0.25) is 10.0 Å². The lowest BCUT2D eigenvalue weighted by Gasteiger charge is -2.33. The van der Waals surface area contributed by atoms with Crippen molar-refractivity contribution in [1.82, 2.24) is 10.2 Å². The summed E-state index contributed by atoms with van der Waals surface area (Å²) in [6, 6.07) is 5.99. The zero-order valence-corrected chi connectivity index (χ0v) is 14.0. The van der Waals surface area contributed by atoms with Crippen LogP contribution in [0.3, 0.4) is 0 Å². The third kappa shape index (κ3) is 4.57. The highest BCUT2D eigenvalue weighted by Crippen LogP contribution is 2.31. The first-order valence-electron chi connectivity index (χ1n) is 7.60. The molecular formula is C16H24Cl2N2O. The minimum atomic E-state index is 0.200. The molecule has 1 saturated heterocycles. The van der Waals surface area contributed by atoms with Crippen molar-refractivity contribution in [2.45, 2.75) is 25.3 Å². The lowest BCUT2D eigenvalue weighted by molar-refractivity contribution is 0.117. The normalized spacial score (nSPS) is 21.4. The first-order chi connectivity index (χ1) is 10.2. The number of nitrogens with one attached hydrogen (secondary N) is 1. The SMILES string of the molecule is CNC(CCN1CCCC(CO)C1)c1cccc(Cl)c1Cl. The van der Waals surface area contributed by atoms with Crippen LogP contribution in [0.5, 0.6) is 0 Å². The van der Waals surface area contributed by atoms with E-state index < -0.39 is 0 Å². The summed E-state index contributed by atoms with van der Waals surface area (Å²) in [5.74, 6) is 0.432. The summed E-state index contributed by atoms with van der Waals surface area (Å²) < 4.78 is 0. The van der Waals surface area contributed by atoms with E-state index in [0.29, 0.717) is 22.6 Å². The first-order valence-corrected chi connectivity index (χ1v) is 8.35. The van der Waals surface area contributed by atoms with Crippen LogP contribution in [-0.4, -0.2) is 43.3 Å². The minimum Gasteiger partial charge on any atom is -0.396 e. The molecule has 1 aromatic carbocycles. The highest BCUT2D eigenvalue weighted by atomic mass is 35.5. The predicted molar refractivity (Wildman–Crippen MR) is 89.1 cm³/mol. The minimum absolute atomic E-state index is 0.200. The maximum atomic E-state index is 9.31. The second kappa shape index (κ2) is 8.35. The third-order valence-electron chi connectivity index (χ3n) is 4.30. The summed E-state index contributed by atoms with van der Waals surface area (Å²) in [7, 11) is 1.95. The van der Waals surface area contributed by atoms with Crippen LogP contribution < -0.4 is 5.32 Å². The molecule has 0 spiro atoms. The Morgan fingerprint density at radius 3 is 2.95 bits per heavy atom. The largest absolute Gasteiger partial charge is 0.396 e.